The monoisotopic (exact) mass is 257 g/mol. The van der Waals surface area contributed by atoms with Crippen molar-refractivity contribution in [2.45, 2.75) is 19.6 Å². The number of aryl methyl sites for hydroxylation is 1. The third-order valence-corrected chi connectivity index (χ3v) is 2.78. The molecule has 2 aromatic rings. The highest BCUT2D eigenvalue weighted by molar-refractivity contribution is 6.05. The van der Waals surface area contributed by atoms with Gasteiger partial charge in [-0.05, 0) is 19.1 Å². The van der Waals surface area contributed by atoms with Crippen LogP contribution in [0.3, 0.4) is 0 Å². The highest BCUT2D eigenvalue weighted by atomic mass is 19.4. The summed E-state index contributed by atoms with van der Waals surface area (Å²) >= 11 is 0. The van der Waals surface area contributed by atoms with Crippen LogP contribution in [-0.4, -0.2) is 15.6 Å². The van der Waals surface area contributed by atoms with Crippen LogP contribution < -0.4 is 0 Å². The first-order valence-corrected chi connectivity index (χ1v) is 5.28. The maximum Gasteiger partial charge on any atom is 0.417 e. The summed E-state index contributed by atoms with van der Waals surface area (Å²) < 4.78 is 40.1. The van der Waals surface area contributed by atoms with Crippen molar-refractivity contribution >= 4 is 16.9 Å². The first kappa shape index (κ1) is 12.5. The summed E-state index contributed by atoms with van der Waals surface area (Å²) in [6, 6.07) is 3.66. The lowest BCUT2D eigenvalue weighted by atomic mass is 10.1. The van der Waals surface area contributed by atoms with E-state index in [1.54, 1.807) is 6.92 Å². The van der Waals surface area contributed by atoms with E-state index in [4.69, 9.17) is 5.11 Å². The van der Waals surface area contributed by atoms with Gasteiger partial charge in [0.1, 0.15) is 0 Å². The van der Waals surface area contributed by atoms with E-state index in [9.17, 15) is 18.0 Å². The van der Waals surface area contributed by atoms with Gasteiger partial charge < -0.3 is 9.67 Å². The molecule has 1 aromatic heterocycles. The standard InChI is InChI=1S/C12H10F3NO2/c1-2-16-6-7(11(17)18)10-8(12(13,14)15)4-3-5-9(10)16/h3-6H,2H2,1H3,(H,17,18). The van der Waals surface area contributed by atoms with Crippen LogP contribution in [0.2, 0.25) is 0 Å². The number of alkyl halides is 3. The number of benzene rings is 1. The zero-order valence-corrected chi connectivity index (χ0v) is 9.45. The van der Waals surface area contributed by atoms with Crippen molar-refractivity contribution in [2.75, 3.05) is 0 Å². The Morgan fingerprint density at radius 1 is 1.39 bits per heavy atom. The van der Waals surface area contributed by atoms with E-state index < -0.39 is 17.7 Å². The molecule has 3 nitrogen and oxygen atoms in total. The molecular weight excluding hydrogens is 247 g/mol. The minimum Gasteiger partial charge on any atom is -0.478 e. The van der Waals surface area contributed by atoms with Gasteiger partial charge in [0.25, 0.3) is 0 Å². The van der Waals surface area contributed by atoms with Crippen LogP contribution in [0.15, 0.2) is 24.4 Å². The zero-order chi connectivity index (χ0) is 13.5. The molecule has 0 atom stereocenters. The average molecular weight is 257 g/mol. The van der Waals surface area contributed by atoms with Gasteiger partial charge in [0.15, 0.2) is 0 Å². The normalized spacial score (nSPS) is 12.0. The van der Waals surface area contributed by atoms with E-state index >= 15 is 0 Å². The molecule has 1 heterocycles. The molecule has 0 radical (unpaired) electrons. The summed E-state index contributed by atoms with van der Waals surface area (Å²) in [6.45, 7) is 2.15. The minimum absolute atomic E-state index is 0.251. The molecule has 1 aromatic carbocycles. The van der Waals surface area contributed by atoms with Crippen molar-refractivity contribution in [3.8, 4) is 0 Å². The number of nitrogens with zero attached hydrogens (tertiary/aromatic N) is 1. The van der Waals surface area contributed by atoms with Crippen LogP contribution in [0.5, 0.6) is 0 Å². The second-order valence-electron chi connectivity index (χ2n) is 3.83. The Balaban J connectivity index is 2.90. The second kappa shape index (κ2) is 4.04. The number of carbonyl (C=O) groups is 1. The molecule has 6 heteroatoms. The Morgan fingerprint density at radius 2 is 2.06 bits per heavy atom. The van der Waals surface area contributed by atoms with E-state index in [1.807, 2.05) is 0 Å². The Labute approximate surface area is 100 Å². The minimum atomic E-state index is -4.57. The van der Waals surface area contributed by atoms with Gasteiger partial charge >= 0.3 is 12.1 Å². The van der Waals surface area contributed by atoms with Crippen molar-refractivity contribution in [1.29, 1.82) is 0 Å². The van der Waals surface area contributed by atoms with Gasteiger partial charge in [0.05, 0.1) is 11.1 Å². The fraction of sp³-hybridized carbons (Fsp3) is 0.250. The van der Waals surface area contributed by atoms with Crippen LogP contribution in [0.1, 0.15) is 22.8 Å². The first-order chi connectivity index (χ1) is 8.36. The predicted molar refractivity (Wildman–Crippen MR) is 59.6 cm³/mol. The lowest BCUT2D eigenvalue weighted by Gasteiger charge is -2.09. The van der Waals surface area contributed by atoms with Crippen LogP contribution in [0.4, 0.5) is 13.2 Å². The number of hydrogen-bond donors (Lipinski definition) is 1. The molecule has 0 aliphatic rings. The molecular formula is C12H10F3NO2. The van der Waals surface area contributed by atoms with E-state index in [0.717, 1.165) is 6.07 Å². The number of rotatable bonds is 2. The molecule has 18 heavy (non-hydrogen) atoms. The zero-order valence-electron chi connectivity index (χ0n) is 9.45. The summed E-state index contributed by atoms with van der Waals surface area (Å²) in [7, 11) is 0. The number of halogens is 3. The Kier molecular flexibility index (Phi) is 2.80. The molecule has 0 fully saturated rings. The third-order valence-electron chi connectivity index (χ3n) is 2.78. The smallest absolute Gasteiger partial charge is 0.417 e. The first-order valence-electron chi connectivity index (χ1n) is 5.28. The number of aromatic nitrogens is 1. The second-order valence-corrected chi connectivity index (χ2v) is 3.83. The number of hydrogen-bond acceptors (Lipinski definition) is 1. The SMILES string of the molecule is CCn1cc(C(=O)O)c2c(C(F)(F)F)cccc21. The van der Waals surface area contributed by atoms with Gasteiger partial charge in [0.2, 0.25) is 0 Å². The Bertz CT molecular complexity index is 614. The van der Waals surface area contributed by atoms with Gasteiger partial charge in [0, 0.05) is 23.6 Å². The van der Waals surface area contributed by atoms with Crippen LogP contribution in [-0.2, 0) is 12.7 Å². The fourth-order valence-electron chi connectivity index (χ4n) is 2.01. The lowest BCUT2D eigenvalue weighted by molar-refractivity contribution is -0.136. The van der Waals surface area contributed by atoms with Crippen molar-refractivity contribution < 1.29 is 23.1 Å². The van der Waals surface area contributed by atoms with Gasteiger partial charge in [-0.2, -0.15) is 13.2 Å². The maximum atomic E-state index is 12.9. The molecule has 2 rings (SSSR count). The lowest BCUT2D eigenvalue weighted by Crippen LogP contribution is -2.07. The Morgan fingerprint density at radius 3 is 2.56 bits per heavy atom. The van der Waals surface area contributed by atoms with Crippen LogP contribution >= 0.6 is 0 Å². The topological polar surface area (TPSA) is 42.2 Å². The van der Waals surface area contributed by atoms with E-state index in [-0.39, 0.29) is 16.5 Å². The van der Waals surface area contributed by atoms with Crippen molar-refractivity contribution in [3.63, 3.8) is 0 Å². The van der Waals surface area contributed by atoms with Crippen LogP contribution in [0.25, 0.3) is 10.9 Å². The van der Waals surface area contributed by atoms with Crippen LogP contribution in [0, 0.1) is 0 Å². The summed E-state index contributed by atoms with van der Waals surface area (Å²) in [5.41, 5.74) is -0.950. The van der Waals surface area contributed by atoms with Crippen molar-refractivity contribution in [3.05, 3.63) is 35.5 Å². The number of carboxylic acid groups (broad SMARTS) is 1. The number of carboxylic acids is 1. The summed E-state index contributed by atoms with van der Waals surface area (Å²) in [5.74, 6) is -1.36. The maximum absolute atomic E-state index is 12.9. The largest absolute Gasteiger partial charge is 0.478 e. The van der Waals surface area contributed by atoms with E-state index in [2.05, 4.69) is 0 Å². The molecule has 0 aliphatic heterocycles. The van der Waals surface area contributed by atoms with Gasteiger partial charge in [-0.15, -0.1) is 0 Å². The summed E-state index contributed by atoms with van der Waals surface area (Å²) in [5, 5.41) is 8.75. The highest BCUT2D eigenvalue weighted by Crippen LogP contribution is 2.37. The van der Waals surface area contributed by atoms with Crippen molar-refractivity contribution in [2.24, 2.45) is 0 Å². The molecule has 0 aliphatic carbocycles. The fourth-order valence-corrected chi connectivity index (χ4v) is 2.01. The highest BCUT2D eigenvalue weighted by Gasteiger charge is 2.34. The molecule has 96 valence electrons. The summed E-state index contributed by atoms with van der Waals surface area (Å²) in [4.78, 5) is 11.0. The number of aromatic carboxylic acids is 1. The van der Waals surface area contributed by atoms with Crippen molar-refractivity contribution in [1.82, 2.24) is 4.57 Å². The molecule has 0 spiro atoms. The molecule has 0 saturated carbocycles. The molecule has 0 amide bonds. The van der Waals surface area contributed by atoms with E-state index in [0.29, 0.717) is 6.54 Å². The average Bonchev–Trinajstić information content (AvgIpc) is 2.66. The molecule has 0 saturated heterocycles. The summed E-state index contributed by atoms with van der Waals surface area (Å²) in [6.07, 6.45) is -3.33. The quantitative estimate of drug-likeness (QED) is 0.896. The molecule has 0 bridgehead atoms. The molecule has 1 N–H and O–H groups in total. The molecule has 0 unspecified atom stereocenters. The number of fused-ring (bicyclic) bond motifs is 1. The van der Waals surface area contributed by atoms with Gasteiger partial charge in [-0.1, -0.05) is 6.07 Å². The van der Waals surface area contributed by atoms with E-state index in [1.165, 1.54) is 22.9 Å². The predicted octanol–water partition coefficient (Wildman–Crippen LogP) is 3.38. The third kappa shape index (κ3) is 1.83. The van der Waals surface area contributed by atoms with Gasteiger partial charge in [-0.3, -0.25) is 0 Å². The van der Waals surface area contributed by atoms with Gasteiger partial charge in [-0.25, -0.2) is 4.79 Å². The Hall–Kier alpha value is -1.98.